The molecular formula is C15H11BN2OS. The van der Waals surface area contributed by atoms with Crippen LogP contribution in [0.5, 0.6) is 5.75 Å². The van der Waals surface area contributed by atoms with Gasteiger partial charge in [-0.3, -0.25) is 0 Å². The first-order valence-electron chi connectivity index (χ1n) is 6.45. The normalized spacial score (nSPS) is 13.0. The van der Waals surface area contributed by atoms with Crippen LogP contribution in [0.15, 0.2) is 36.0 Å². The van der Waals surface area contributed by atoms with E-state index in [0.717, 1.165) is 40.4 Å². The van der Waals surface area contributed by atoms with Gasteiger partial charge >= 0.3 is 0 Å². The molecule has 0 amide bonds. The minimum absolute atomic E-state index is 0.161. The van der Waals surface area contributed by atoms with Crippen LogP contribution in [0.1, 0.15) is 5.56 Å². The van der Waals surface area contributed by atoms with E-state index in [-0.39, 0.29) is 5.75 Å². The van der Waals surface area contributed by atoms with Gasteiger partial charge in [-0.15, -0.1) is 11.3 Å². The number of aromatic nitrogens is 2. The molecule has 3 heterocycles. The molecule has 1 aliphatic heterocycles. The summed E-state index contributed by atoms with van der Waals surface area (Å²) >= 11 is 1.68. The van der Waals surface area contributed by atoms with Crippen molar-refractivity contribution in [2.24, 2.45) is 0 Å². The van der Waals surface area contributed by atoms with E-state index in [1.54, 1.807) is 17.4 Å². The second-order valence-corrected chi connectivity index (χ2v) is 5.88. The van der Waals surface area contributed by atoms with Crippen molar-refractivity contribution in [3.8, 4) is 27.6 Å². The van der Waals surface area contributed by atoms with Crippen LogP contribution in [0, 0.1) is 0 Å². The first-order chi connectivity index (χ1) is 9.74. The summed E-state index contributed by atoms with van der Waals surface area (Å²) in [6.07, 6.45) is 2.77. The van der Waals surface area contributed by atoms with E-state index in [2.05, 4.69) is 21.0 Å². The zero-order valence-corrected chi connectivity index (χ0v) is 11.5. The van der Waals surface area contributed by atoms with Gasteiger partial charge in [0.15, 0.2) is 0 Å². The van der Waals surface area contributed by atoms with Crippen LogP contribution in [0.4, 0.5) is 0 Å². The Kier molecular flexibility index (Phi) is 2.50. The topological polar surface area (TPSA) is 38.0 Å². The van der Waals surface area contributed by atoms with Crippen LogP contribution in [0.2, 0.25) is 0 Å². The number of phenolic OH excluding ortho intramolecular Hbond substituents is 1. The molecule has 0 atom stereocenters. The van der Waals surface area contributed by atoms with Crippen molar-refractivity contribution in [2.45, 2.75) is 13.0 Å². The van der Waals surface area contributed by atoms with E-state index in [1.165, 1.54) is 0 Å². The van der Waals surface area contributed by atoms with Gasteiger partial charge in [-0.05, 0) is 29.5 Å². The lowest BCUT2D eigenvalue weighted by Gasteiger charge is -2.20. The molecule has 2 aromatic heterocycles. The third-order valence-corrected chi connectivity index (χ3v) is 4.60. The quantitative estimate of drug-likeness (QED) is 0.694. The molecular weight excluding hydrogens is 267 g/mol. The SMILES string of the molecule is [B]c1cc2c(cc1O)CCn1cnc(-c3cccs3)c1-2. The molecule has 2 radical (unpaired) electrons. The number of imidazole rings is 1. The molecule has 0 unspecified atom stereocenters. The maximum Gasteiger partial charge on any atom is 0.119 e. The van der Waals surface area contributed by atoms with Gasteiger partial charge in [0.2, 0.25) is 0 Å². The molecule has 1 aliphatic rings. The van der Waals surface area contributed by atoms with Gasteiger partial charge in [-0.1, -0.05) is 17.6 Å². The molecule has 0 saturated carbocycles. The van der Waals surface area contributed by atoms with E-state index in [9.17, 15) is 5.11 Å². The highest BCUT2D eigenvalue weighted by Crippen LogP contribution is 2.38. The summed E-state index contributed by atoms with van der Waals surface area (Å²) in [4.78, 5) is 5.71. The Morgan fingerprint density at radius 3 is 3.05 bits per heavy atom. The number of phenols is 1. The number of benzene rings is 1. The van der Waals surface area contributed by atoms with E-state index >= 15 is 0 Å². The van der Waals surface area contributed by atoms with E-state index in [4.69, 9.17) is 7.85 Å². The number of hydrogen-bond donors (Lipinski definition) is 1. The molecule has 20 heavy (non-hydrogen) atoms. The number of fused-ring (bicyclic) bond motifs is 3. The molecule has 5 heteroatoms. The lowest BCUT2D eigenvalue weighted by molar-refractivity contribution is 0.478. The molecule has 0 bridgehead atoms. The molecule has 96 valence electrons. The van der Waals surface area contributed by atoms with E-state index in [0.29, 0.717) is 5.46 Å². The van der Waals surface area contributed by atoms with Crippen LogP contribution in [0.3, 0.4) is 0 Å². The molecule has 0 spiro atoms. The number of aryl methyl sites for hydroxylation is 2. The second-order valence-electron chi connectivity index (χ2n) is 4.93. The van der Waals surface area contributed by atoms with Crippen LogP contribution in [-0.4, -0.2) is 22.5 Å². The van der Waals surface area contributed by atoms with Gasteiger partial charge in [0.05, 0.1) is 16.9 Å². The maximum atomic E-state index is 9.78. The monoisotopic (exact) mass is 278 g/mol. The predicted molar refractivity (Wildman–Crippen MR) is 81.7 cm³/mol. The van der Waals surface area contributed by atoms with Crippen LogP contribution < -0.4 is 5.46 Å². The van der Waals surface area contributed by atoms with Gasteiger partial charge < -0.3 is 9.67 Å². The largest absolute Gasteiger partial charge is 0.509 e. The Hall–Kier alpha value is -2.01. The Bertz CT molecular complexity index is 793. The van der Waals surface area contributed by atoms with Gasteiger partial charge in [-0.2, -0.15) is 0 Å². The molecule has 1 N–H and O–H groups in total. The lowest BCUT2D eigenvalue weighted by atomic mass is 9.87. The van der Waals surface area contributed by atoms with Gasteiger partial charge in [0.1, 0.15) is 19.3 Å². The summed E-state index contributed by atoms with van der Waals surface area (Å²) in [5.41, 5.74) is 4.71. The summed E-state index contributed by atoms with van der Waals surface area (Å²) in [6, 6.07) is 7.74. The average Bonchev–Trinajstić information content (AvgIpc) is 3.07. The third-order valence-electron chi connectivity index (χ3n) is 3.72. The minimum atomic E-state index is 0.161. The van der Waals surface area contributed by atoms with Crippen molar-refractivity contribution in [3.63, 3.8) is 0 Å². The number of rotatable bonds is 1. The van der Waals surface area contributed by atoms with Gasteiger partial charge in [0, 0.05) is 12.1 Å². The van der Waals surface area contributed by atoms with Crippen LogP contribution in [0.25, 0.3) is 21.8 Å². The summed E-state index contributed by atoms with van der Waals surface area (Å²) in [7, 11) is 5.86. The summed E-state index contributed by atoms with van der Waals surface area (Å²) < 4.78 is 2.16. The highest BCUT2D eigenvalue weighted by atomic mass is 32.1. The standard InChI is InChI=1S/C15H11BN2OS/c16-11-7-10-9(6-12(11)19)3-4-18-8-17-14(15(10)18)13-2-1-5-20-13/h1-2,5-8,19H,3-4H2. The van der Waals surface area contributed by atoms with E-state index < -0.39 is 0 Å². The van der Waals surface area contributed by atoms with Crippen molar-refractivity contribution in [1.29, 1.82) is 0 Å². The fraction of sp³-hybridized carbons (Fsp3) is 0.133. The first kappa shape index (κ1) is 11.8. The first-order valence-corrected chi connectivity index (χ1v) is 7.33. The van der Waals surface area contributed by atoms with Crippen LogP contribution in [-0.2, 0) is 13.0 Å². The summed E-state index contributed by atoms with van der Waals surface area (Å²) in [6.45, 7) is 0.879. The summed E-state index contributed by atoms with van der Waals surface area (Å²) in [5.74, 6) is 0.161. The molecule has 0 saturated heterocycles. The molecule has 0 aliphatic carbocycles. The molecule has 4 rings (SSSR count). The van der Waals surface area contributed by atoms with Crippen molar-refractivity contribution in [1.82, 2.24) is 9.55 Å². The molecule has 3 nitrogen and oxygen atoms in total. The Balaban J connectivity index is 1.99. The van der Waals surface area contributed by atoms with Crippen LogP contribution >= 0.6 is 11.3 Å². The molecule has 3 aromatic rings. The Morgan fingerprint density at radius 2 is 2.25 bits per heavy atom. The van der Waals surface area contributed by atoms with Gasteiger partial charge in [-0.25, -0.2) is 4.98 Å². The Labute approximate surface area is 121 Å². The zero-order chi connectivity index (χ0) is 13.7. The zero-order valence-electron chi connectivity index (χ0n) is 10.7. The fourth-order valence-electron chi connectivity index (χ4n) is 2.74. The number of aromatic hydroxyl groups is 1. The Morgan fingerprint density at radius 1 is 1.35 bits per heavy atom. The van der Waals surface area contributed by atoms with E-state index in [1.807, 2.05) is 18.5 Å². The maximum absolute atomic E-state index is 9.78. The molecule has 0 fully saturated rings. The third kappa shape index (κ3) is 1.63. The highest BCUT2D eigenvalue weighted by Gasteiger charge is 2.22. The second kappa shape index (κ2) is 4.25. The number of nitrogens with zero attached hydrogens (tertiary/aromatic N) is 2. The highest BCUT2D eigenvalue weighted by molar-refractivity contribution is 7.13. The van der Waals surface area contributed by atoms with Gasteiger partial charge in [0.25, 0.3) is 0 Å². The lowest BCUT2D eigenvalue weighted by Crippen LogP contribution is -2.14. The van der Waals surface area contributed by atoms with Crippen molar-refractivity contribution >= 4 is 24.6 Å². The van der Waals surface area contributed by atoms with Crippen molar-refractivity contribution in [2.75, 3.05) is 0 Å². The number of thiophene rings is 1. The minimum Gasteiger partial charge on any atom is -0.509 e. The number of hydrogen-bond acceptors (Lipinski definition) is 3. The smallest absolute Gasteiger partial charge is 0.119 e. The molecule has 1 aromatic carbocycles. The summed E-state index contributed by atoms with van der Waals surface area (Å²) in [5, 5.41) is 11.8. The average molecular weight is 278 g/mol. The van der Waals surface area contributed by atoms with Crippen molar-refractivity contribution in [3.05, 3.63) is 41.5 Å². The predicted octanol–water partition coefficient (Wildman–Crippen LogP) is 2.33. The van der Waals surface area contributed by atoms with Crippen molar-refractivity contribution < 1.29 is 5.11 Å². The fourth-order valence-corrected chi connectivity index (χ4v) is 3.47.